The minimum absolute atomic E-state index is 0.00970. The molecule has 0 heterocycles. The molecule has 20 heavy (non-hydrogen) atoms. The molecule has 5 heteroatoms. The van der Waals surface area contributed by atoms with Crippen LogP contribution >= 0.6 is 0 Å². The summed E-state index contributed by atoms with van der Waals surface area (Å²) in [5.41, 5.74) is 0. The molecule has 3 N–H and O–H groups in total. The summed E-state index contributed by atoms with van der Waals surface area (Å²) in [6.07, 6.45) is 7.66. The first-order chi connectivity index (χ1) is 9.58. The van der Waals surface area contributed by atoms with Crippen LogP contribution in [0, 0.1) is 23.7 Å². The van der Waals surface area contributed by atoms with E-state index >= 15 is 0 Å². The fourth-order valence-corrected chi connectivity index (χ4v) is 4.07. The van der Waals surface area contributed by atoms with Gasteiger partial charge in [0.2, 0.25) is 5.91 Å². The van der Waals surface area contributed by atoms with Crippen LogP contribution in [0.15, 0.2) is 12.2 Å². The van der Waals surface area contributed by atoms with Gasteiger partial charge in [0.15, 0.2) is 0 Å². The van der Waals surface area contributed by atoms with Gasteiger partial charge in [0, 0.05) is 0 Å². The molecular weight excluding hydrogens is 258 g/mol. The van der Waals surface area contributed by atoms with Crippen LogP contribution in [0.5, 0.6) is 0 Å². The fraction of sp³-hybridized carbons (Fsp3) is 0.733. The van der Waals surface area contributed by atoms with E-state index < -0.39 is 23.9 Å². The van der Waals surface area contributed by atoms with Crippen LogP contribution in [-0.4, -0.2) is 34.2 Å². The van der Waals surface area contributed by atoms with Gasteiger partial charge in [0.1, 0.15) is 0 Å². The predicted molar refractivity (Wildman–Crippen MR) is 71.8 cm³/mol. The van der Waals surface area contributed by atoms with E-state index in [1.165, 1.54) is 0 Å². The van der Waals surface area contributed by atoms with Crippen molar-refractivity contribution in [1.29, 1.82) is 0 Å². The first-order valence-electron chi connectivity index (χ1n) is 7.47. The Hall–Kier alpha value is -1.36. The number of allylic oxidation sites excluding steroid dienone is 2. The van der Waals surface area contributed by atoms with Gasteiger partial charge in [0.25, 0.3) is 0 Å². The van der Waals surface area contributed by atoms with E-state index in [1.807, 2.05) is 12.2 Å². The highest BCUT2D eigenvalue weighted by Gasteiger charge is 2.52. The van der Waals surface area contributed by atoms with E-state index in [1.54, 1.807) is 0 Å². The van der Waals surface area contributed by atoms with Crippen LogP contribution in [0.2, 0.25) is 0 Å². The average Bonchev–Trinajstić information content (AvgIpc) is 3.01. The lowest BCUT2D eigenvalue weighted by atomic mass is 9.82. The molecular formula is C15H21NO4. The first kappa shape index (κ1) is 13.6. The number of amides is 1. The van der Waals surface area contributed by atoms with Gasteiger partial charge in [-0.05, 0) is 31.1 Å². The zero-order chi connectivity index (χ0) is 14.3. The molecule has 0 saturated heterocycles. The van der Waals surface area contributed by atoms with E-state index in [0.29, 0.717) is 6.42 Å². The van der Waals surface area contributed by atoms with Crippen molar-refractivity contribution in [2.24, 2.45) is 23.7 Å². The van der Waals surface area contributed by atoms with Crippen LogP contribution in [0.4, 0.5) is 0 Å². The molecule has 2 bridgehead atoms. The summed E-state index contributed by atoms with van der Waals surface area (Å²) in [6, 6.07) is -0.214. The number of aliphatic hydroxyl groups excluding tert-OH is 1. The third-order valence-corrected chi connectivity index (χ3v) is 5.10. The summed E-state index contributed by atoms with van der Waals surface area (Å²) in [5, 5.41) is 22.2. The molecule has 0 aliphatic heterocycles. The van der Waals surface area contributed by atoms with Gasteiger partial charge in [-0.2, -0.15) is 0 Å². The molecule has 110 valence electrons. The average molecular weight is 279 g/mol. The zero-order valence-electron chi connectivity index (χ0n) is 11.4. The van der Waals surface area contributed by atoms with Gasteiger partial charge in [-0.1, -0.05) is 25.0 Å². The highest BCUT2D eigenvalue weighted by Crippen LogP contribution is 2.48. The minimum Gasteiger partial charge on any atom is -0.481 e. The van der Waals surface area contributed by atoms with Gasteiger partial charge in [0.05, 0.1) is 24.0 Å². The van der Waals surface area contributed by atoms with Crippen molar-refractivity contribution in [3.05, 3.63) is 12.2 Å². The van der Waals surface area contributed by atoms with Crippen molar-refractivity contribution in [3.63, 3.8) is 0 Å². The molecule has 0 aromatic heterocycles. The first-order valence-corrected chi connectivity index (χ1v) is 7.47. The van der Waals surface area contributed by atoms with E-state index in [-0.39, 0.29) is 23.8 Å². The lowest BCUT2D eigenvalue weighted by Crippen LogP contribution is -2.49. The number of hydrogen-bond acceptors (Lipinski definition) is 3. The van der Waals surface area contributed by atoms with Crippen LogP contribution in [0.3, 0.4) is 0 Å². The van der Waals surface area contributed by atoms with Crippen molar-refractivity contribution < 1.29 is 19.8 Å². The smallest absolute Gasteiger partial charge is 0.307 e. The Bertz CT molecular complexity index is 447. The summed E-state index contributed by atoms with van der Waals surface area (Å²) in [6.45, 7) is 0. The summed E-state index contributed by atoms with van der Waals surface area (Å²) in [7, 11) is 0. The number of carbonyl (C=O) groups is 2. The van der Waals surface area contributed by atoms with Gasteiger partial charge in [-0.15, -0.1) is 0 Å². The van der Waals surface area contributed by atoms with E-state index in [9.17, 15) is 19.8 Å². The second-order valence-corrected chi connectivity index (χ2v) is 6.31. The van der Waals surface area contributed by atoms with Crippen molar-refractivity contribution in [2.45, 2.75) is 44.2 Å². The normalized spacial score (nSPS) is 42.6. The molecule has 0 spiro atoms. The number of nitrogens with one attached hydrogen (secondary N) is 1. The molecule has 3 aliphatic carbocycles. The summed E-state index contributed by atoms with van der Waals surface area (Å²) < 4.78 is 0. The maximum absolute atomic E-state index is 12.4. The Morgan fingerprint density at radius 3 is 2.35 bits per heavy atom. The Morgan fingerprint density at radius 2 is 1.70 bits per heavy atom. The van der Waals surface area contributed by atoms with Gasteiger partial charge < -0.3 is 15.5 Å². The van der Waals surface area contributed by atoms with Crippen LogP contribution < -0.4 is 5.32 Å². The maximum Gasteiger partial charge on any atom is 0.307 e. The van der Waals surface area contributed by atoms with Crippen molar-refractivity contribution in [1.82, 2.24) is 5.32 Å². The highest BCUT2D eigenvalue weighted by atomic mass is 16.4. The second-order valence-electron chi connectivity index (χ2n) is 6.31. The lowest BCUT2D eigenvalue weighted by Gasteiger charge is -2.31. The monoisotopic (exact) mass is 279 g/mol. The molecule has 2 fully saturated rings. The summed E-state index contributed by atoms with van der Waals surface area (Å²) in [5.74, 6) is -2.12. The molecule has 2 unspecified atom stereocenters. The molecule has 3 rings (SSSR count). The second kappa shape index (κ2) is 5.20. The quantitative estimate of drug-likeness (QED) is 0.671. The third-order valence-electron chi connectivity index (χ3n) is 5.10. The number of aliphatic carboxylic acids is 1. The number of hydrogen-bond donors (Lipinski definition) is 3. The fourth-order valence-electron chi connectivity index (χ4n) is 4.07. The number of carboxylic acids is 1. The Kier molecular flexibility index (Phi) is 3.54. The van der Waals surface area contributed by atoms with Crippen LogP contribution in [-0.2, 0) is 9.59 Å². The molecule has 3 aliphatic rings. The Balaban J connectivity index is 1.70. The highest BCUT2D eigenvalue weighted by molar-refractivity contribution is 5.87. The largest absolute Gasteiger partial charge is 0.481 e. The molecule has 1 amide bonds. The summed E-state index contributed by atoms with van der Waals surface area (Å²) >= 11 is 0. The number of fused-ring (bicyclic) bond motifs is 2. The van der Waals surface area contributed by atoms with E-state index in [2.05, 4.69) is 5.32 Å². The van der Waals surface area contributed by atoms with Gasteiger partial charge in [-0.3, -0.25) is 9.59 Å². The SMILES string of the molecule is O=C(O)[C@@H]1C2C=CC(C2)[C@@H]1C(=O)N[C@@H]1CCCC[C@H]1O. The topological polar surface area (TPSA) is 86.6 Å². The predicted octanol–water partition coefficient (Wildman–Crippen LogP) is 0.929. The molecule has 5 nitrogen and oxygen atoms in total. The maximum atomic E-state index is 12.4. The Morgan fingerprint density at radius 1 is 1.05 bits per heavy atom. The number of carbonyl (C=O) groups excluding carboxylic acids is 1. The van der Waals surface area contributed by atoms with Gasteiger partial charge in [-0.25, -0.2) is 0 Å². The molecule has 0 aromatic rings. The molecule has 2 saturated carbocycles. The summed E-state index contributed by atoms with van der Waals surface area (Å²) in [4.78, 5) is 23.8. The molecule has 0 aromatic carbocycles. The number of carboxylic acid groups (broad SMARTS) is 1. The minimum atomic E-state index is -0.883. The van der Waals surface area contributed by atoms with Crippen molar-refractivity contribution in [3.8, 4) is 0 Å². The third kappa shape index (κ3) is 2.24. The molecule has 0 radical (unpaired) electrons. The zero-order valence-corrected chi connectivity index (χ0v) is 11.4. The van der Waals surface area contributed by atoms with E-state index in [0.717, 1.165) is 25.7 Å². The van der Waals surface area contributed by atoms with Gasteiger partial charge >= 0.3 is 5.97 Å². The number of aliphatic hydroxyl groups is 1. The van der Waals surface area contributed by atoms with E-state index in [4.69, 9.17) is 0 Å². The lowest BCUT2D eigenvalue weighted by molar-refractivity contribution is -0.148. The standard InChI is InChI=1S/C15H21NO4/c17-11-4-2-1-3-10(11)16-14(18)12-8-5-6-9(7-8)13(12)15(19)20/h5-6,8-13,17H,1-4,7H2,(H,16,18)(H,19,20)/t8?,9?,10-,11-,12+,13-/m1/s1. The van der Waals surface area contributed by atoms with Crippen molar-refractivity contribution >= 4 is 11.9 Å². The van der Waals surface area contributed by atoms with Crippen LogP contribution in [0.25, 0.3) is 0 Å². The van der Waals surface area contributed by atoms with Crippen LogP contribution in [0.1, 0.15) is 32.1 Å². The van der Waals surface area contributed by atoms with Crippen molar-refractivity contribution in [2.75, 3.05) is 0 Å². The molecule has 6 atom stereocenters. The number of rotatable bonds is 3. The Labute approximate surface area is 118 Å².